The molecule has 1 amide bonds. The molecule has 6 heteroatoms. The Labute approximate surface area is 121 Å². The SMILES string of the molecule is Cc1ccc2c(N)c(C(=O)N(C)CC(C)C#N)sc2n1. The molecule has 0 radical (unpaired) electrons. The number of aryl methyl sites for hydroxylation is 1. The van der Waals surface area contributed by atoms with Gasteiger partial charge in [0.1, 0.15) is 9.71 Å². The Morgan fingerprint density at radius 1 is 1.60 bits per heavy atom. The lowest BCUT2D eigenvalue weighted by Gasteiger charge is -2.17. The zero-order valence-corrected chi connectivity index (χ0v) is 12.5. The van der Waals surface area contributed by atoms with E-state index in [9.17, 15) is 4.79 Å². The van der Waals surface area contributed by atoms with Gasteiger partial charge in [0.2, 0.25) is 0 Å². The Morgan fingerprint density at radius 3 is 2.95 bits per heavy atom. The molecular weight excluding hydrogens is 272 g/mol. The van der Waals surface area contributed by atoms with Gasteiger partial charge in [0, 0.05) is 24.7 Å². The second-order valence-electron chi connectivity index (χ2n) is 4.87. The number of carbonyl (C=O) groups excluding carboxylic acids is 1. The van der Waals surface area contributed by atoms with E-state index in [4.69, 9.17) is 11.0 Å². The molecule has 0 spiro atoms. The summed E-state index contributed by atoms with van der Waals surface area (Å²) in [6.07, 6.45) is 0. The lowest BCUT2D eigenvalue weighted by molar-refractivity contribution is 0.0791. The number of nitriles is 1. The molecule has 1 atom stereocenters. The van der Waals surface area contributed by atoms with Crippen LogP contribution in [-0.2, 0) is 0 Å². The van der Waals surface area contributed by atoms with E-state index < -0.39 is 0 Å². The minimum absolute atomic E-state index is 0.162. The second-order valence-corrected chi connectivity index (χ2v) is 5.87. The molecule has 5 nitrogen and oxygen atoms in total. The summed E-state index contributed by atoms with van der Waals surface area (Å²) in [5, 5.41) is 9.63. The van der Waals surface area contributed by atoms with Gasteiger partial charge in [-0.1, -0.05) is 0 Å². The maximum atomic E-state index is 12.4. The van der Waals surface area contributed by atoms with E-state index in [1.54, 1.807) is 14.0 Å². The molecule has 104 valence electrons. The highest BCUT2D eigenvalue weighted by Crippen LogP contribution is 2.33. The molecule has 0 aliphatic carbocycles. The van der Waals surface area contributed by atoms with Gasteiger partial charge in [-0.15, -0.1) is 11.3 Å². The molecule has 2 N–H and O–H groups in total. The van der Waals surface area contributed by atoms with Gasteiger partial charge < -0.3 is 10.6 Å². The fourth-order valence-electron chi connectivity index (χ4n) is 1.96. The Kier molecular flexibility index (Phi) is 3.91. The molecule has 0 saturated carbocycles. The average Bonchev–Trinajstić information content (AvgIpc) is 2.74. The third-order valence-electron chi connectivity index (χ3n) is 3.04. The topological polar surface area (TPSA) is 83.0 Å². The first-order chi connectivity index (χ1) is 9.43. The summed E-state index contributed by atoms with van der Waals surface area (Å²) < 4.78 is 0. The maximum absolute atomic E-state index is 12.4. The highest BCUT2D eigenvalue weighted by Gasteiger charge is 2.21. The van der Waals surface area contributed by atoms with Gasteiger partial charge in [-0.2, -0.15) is 5.26 Å². The average molecular weight is 288 g/mol. The van der Waals surface area contributed by atoms with E-state index >= 15 is 0 Å². The first-order valence-electron chi connectivity index (χ1n) is 6.24. The molecule has 20 heavy (non-hydrogen) atoms. The van der Waals surface area contributed by atoms with Crippen LogP contribution < -0.4 is 5.73 Å². The summed E-state index contributed by atoms with van der Waals surface area (Å²) in [6.45, 7) is 4.07. The van der Waals surface area contributed by atoms with E-state index in [2.05, 4.69) is 11.1 Å². The number of nitrogens with zero attached hydrogens (tertiary/aromatic N) is 3. The number of aromatic nitrogens is 1. The van der Waals surface area contributed by atoms with Gasteiger partial charge in [-0.25, -0.2) is 4.98 Å². The molecule has 2 heterocycles. The van der Waals surface area contributed by atoms with Gasteiger partial charge in [-0.05, 0) is 26.0 Å². The summed E-state index contributed by atoms with van der Waals surface area (Å²) in [5.74, 6) is -0.370. The minimum Gasteiger partial charge on any atom is -0.397 e. The number of hydrogen-bond acceptors (Lipinski definition) is 5. The molecular formula is C14H16N4OS. The fourth-order valence-corrected chi connectivity index (χ4v) is 3.09. The second kappa shape index (κ2) is 5.47. The van der Waals surface area contributed by atoms with Crippen molar-refractivity contribution in [3.05, 3.63) is 22.7 Å². The lowest BCUT2D eigenvalue weighted by atomic mass is 10.2. The molecule has 1 unspecified atom stereocenters. The van der Waals surface area contributed by atoms with Crippen LogP contribution in [0.15, 0.2) is 12.1 Å². The van der Waals surface area contributed by atoms with Crippen molar-refractivity contribution >= 4 is 33.1 Å². The number of carbonyl (C=O) groups is 1. The van der Waals surface area contributed by atoms with Crippen LogP contribution in [0.3, 0.4) is 0 Å². The normalized spacial score (nSPS) is 12.1. The van der Waals surface area contributed by atoms with Crippen LogP contribution in [0.5, 0.6) is 0 Å². The molecule has 0 fully saturated rings. The van der Waals surface area contributed by atoms with Gasteiger partial charge in [0.15, 0.2) is 0 Å². The summed E-state index contributed by atoms with van der Waals surface area (Å²) in [5.41, 5.74) is 7.41. The van der Waals surface area contributed by atoms with Crippen molar-refractivity contribution in [2.24, 2.45) is 5.92 Å². The van der Waals surface area contributed by atoms with Crippen LogP contribution in [0.2, 0.25) is 0 Å². The van der Waals surface area contributed by atoms with Crippen LogP contribution in [0.1, 0.15) is 22.3 Å². The molecule has 0 bridgehead atoms. The number of nitrogens with two attached hydrogens (primary N) is 1. The maximum Gasteiger partial charge on any atom is 0.265 e. The third kappa shape index (κ3) is 2.58. The minimum atomic E-state index is -0.208. The molecule has 2 rings (SSSR count). The highest BCUT2D eigenvalue weighted by atomic mass is 32.1. The van der Waals surface area contributed by atoms with Crippen molar-refractivity contribution in [1.82, 2.24) is 9.88 Å². The van der Waals surface area contributed by atoms with Gasteiger partial charge in [-0.3, -0.25) is 4.79 Å². The summed E-state index contributed by atoms with van der Waals surface area (Å²) in [7, 11) is 1.68. The van der Waals surface area contributed by atoms with Crippen molar-refractivity contribution in [1.29, 1.82) is 5.26 Å². The zero-order chi connectivity index (χ0) is 14.9. The number of fused-ring (bicyclic) bond motifs is 1. The van der Waals surface area contributed by atoms with Crippen LogP contribution in [0, 0.1) is 24.2 Å². The molecule has 2 aromatic rings. The molecule has 2 aromatic heterocycles. The quantitative estimate of drug-likeness (QED) is 0.940. The number of pyridine rings is 1. The van der Waals surface area contributed by atoms with E-state index in [0.29, 0.717) is 17.1 Å². The standard InChI is InChI=1S/C14H16N4OS/c1-8(6-15)7-18(3)14(19)12-11(16)10-5-4-9(2)17-13(10)20-12/h4-5,8H,7,16H2,1-3H3. The zero-order valence-electron chi connectivity index (χ0n) is 11.7. The Bertz CT molecular complexity index is 701. The number of rotatable bonds is 3. The summed E-state index contributed by atoms with van der Waals surface area (Å²) in [4.78, 5) is 19.6. The van der Waals surface area contributed by atoms with Crippen molar-refractivity contribution in [2.45, 2.75) is 13.8 Å². The van der Waals surface area contributed by atoms with Crippen molar-refractivity contribution in [3.8, 4) is 6.07 Å². The summed E-state index contributed by atoms with van der Waals surface area (Å²) in [6, 6.07) is 5.88. The molecule has 0 saturated heterocycles. The molecule has 0 aliphatic rings. The van der Waals surface area contributed by atoms with Crippen molar-refractivity contribution < 1.29 is 4.79 Å². The first kappa shape index (κ1) is 14.3. The number of amides is 1. The van der Waals surface area contributed by atoms with E-state index in [-0.39, 0.29) is 11.8 Å². The number of nitrogen functional groups attached to an aromatic ring is 1. The molecule has 0 aromatic carbocycles. The monoisotopic (exact) mass is 288 g/mol. The Hall–Kier alpha value is -2.13. The van der Waals surface area contributed by atoms with Crippen molar-refractivity contribution in [2.75, 3.05) is 19.3 Å². The van der Waals surface area contributed by atoms with Crippen molar-refractivity contribution in [3.63, 3.8) is 0 Å². The lowest BCUT2D eigenvalue weighted by Crippen LogP contribution is -2.30. The van der Waals surface area contributed by atoms with Crippen LogP contribution in [0.4, 0.5) is 5.69 Å². The highest BCUT2D eigenvalue weighted by molar-refractivity contribution is 7.21. The van der Waals surface area contributed by atoms with E-state index in [0.717, 1.165) is 15.9 Å². The number of anilines is 1. The predicted molar refractivity (Wildman–Crippen MR) is 80.5 cm³/mol. The van der Waals surface area contributed by atoms with E-state index in [1.807, 2.05) is 19.1 Å². The van der Waals surface area contributed by atoms with Crippen LogP contribution >= 0.6 is 11.3 Å². The number of thiophene rings is 1. The Morgan fingerprint density at radius 2 is 2.30 bits per heavy atom. The Balaban J connectivity index is 2.35. The van der Waals surface area contributed by atoms with E-state index in [1.165, 1.54) is 16.2 Å². The van der Waals surface area contributed by atoms with Crippen LogP contribution in [0.25, 0.3) is 10.2 Å². The van der Waals surface area contributed by atoms with Crippen LogP contribution in [-0.4, -0.2) is 29.4 Å². The first-order valence-corrected chi connectivity index (χ1v) is 7.06. The van der Waals surface area contributed by atoms with Gasteiger partial charge >= 0.3 is 0 Å². The predicted octanol–water partition coefficient (Wildman–Crippen LogP) is 2.42. The molecule has 0 aliphatic heterocycles. The fraction of sp³-hybridized carbons (Fsp3) is 0.357. The summed E-state index contributed by atoms with van der Waals surface area (Å²) >= 11 is 1.30. The van der Waals surface area contributed by atoms with Gasteiger partial charge in [0.05, 0.1) is 17.7 Å². The largest absolute Gasteiger partial charge is 0.397 e. The van der Waals surface area contributed by atoms with Gasteiger partial charge in [0.25, 0.3) is 5.91 Å². The smallest absolute Gasteiger partial charge is 0.265 e. The third-order valence-corrected chi connectivity index (χ3v) is 4.15. The number of hydrogen-bond donors (Lipinski definition) is 1.